The largest absolute Gasteiger partial charge is 0.419 e. The summed E-state index contributed by atoms with van der Waals surface area (Å²) in [4.78, 5) is 0. The first-order chi connectivity index (χ1) is 12.6. The van der Waals surface area contributed by atoms with Crippen molar-refractivity contribution < 1.29 is 49.4 Å². The Bertz CT molecular complexity index is 866. The molecule has 0 bridgehead atoms. The van der Waals surface area contributed by atoms with Crippen molar-refractivity contribution in [1.29, 1.82) is 0 Å². The number of rotatable bonds is 1. The Morgan fingerprint density at radius 1 is 0.786 bits per heavy atom. The van der Waals surface area contributed by atoms with Crippen molar-refractivity contribution in [1.82, 2.24) is 0 Å². The lowest BCUT2D eigenvalue weighted by molar-refractivity contribution is -0.284. The van der Waals surface area contributed by atoms with Gasteiger partial charge in [-0.05, 0) is 23.8 Å². The SMILES string of the molecule is OC1(c2cc(C(F)(F)F)cc(C(F)(F)F)c2)OC(C(F)(F)F)c2ccccc21. The van der Waals surface area contributed by atoms with E-state index in [2.05, 4.69) is 4.74 Å². The highest BCUT2D eigenvalue weighted by molar-refractivity contribution is 5.46. The van der Waals surface area contributed by atoms with Gasteiger partial charge in [0.1, 0.15) is 0 Å². The third-order valence-corrected chi connectivity index (χ3v) is 4.17. The third kappa shape index (κ3) is 3.44. The summed E-state index contributed by atoms with van der Waals surface area (Å²) < 4.78 is 123. The van der Waals surface area contributed by atoms with Crippen molar-refractivity contribution in [2.45, 2.75) is 30.4 Å². The number of hydrogen-bond donors (Lipinski definition) is 1. The van der Waals surface area contributed by atoms with E-state index < -0.39 is 58.2 Å². The number of ether oxygens (including phenoxy) is 1. The third-order valence-electron chi connectivity index (χ3n) is 4.17. The molecule has 1 aliphatic rings. The molecule has 0 radical (unpaired) electrons. The molecule has 0 aromatic heterocycles. The standard InChI is InChI=1S/C17H9F9O2/c18-15(19,20)9-5-8(6-10(7-9)16(21,22)23)14(27)12-4-2-1-3-11(12)13(28-14)17(24,25)26/h1-7,13,27H. The molecule has 0 saturated carbocycles. The van der Waals surface area contributed by atoms with Gasteiger partial charge in [-0.25, -0.2) is 0 Å². The lowest BCUT2D eigenvalue weighted by atomic mass is 9.92. The molecule has 1 N–H and O–H groups in total. The van der Waals surface area contributed by atoms with Crippen molar-refractivity contribution in [3.63, 3.8) is 0 Å². The minimum absolute atomic E-state index is 0.130. The van der Waals surface area contributed by atoms with Gasteiger partial charge in [-0.2, -0.15) is 39.5 Å². The second-order valence-electron chi connectivity index (χ2n) is 6.07. The van der Waals surface area contributed by atoms with Gasteiger partial charge in [-0.3, -0.25) is 0 Å². The molecule has 2 aromatic rings. The highest BCUT2D eigenvalue weighted by Gasteiger charge is 2.56. The highest BCUT2D eigenvalue weighted by atomic mass is 19.4. The Morgan fingerprint density at radius 2 is 1.29 bits per heavy atom. The van der Waals surface area contributed by atoms with Crippen LogP contribution in [0.15, 0.2) is 42.5 Å². The molecular weight excluding hydrogens is 407 g/mol. The van der Waals surface area contributed by atoms with E-state index in [-0.39, 0.29) is 18.2 Å². The lowest BCUT2D eigenvalue weighted by Crippen LogP contribution is -2.30. The summed E-state index contributed by atoms with van der Waals surface area (Å²) in [6, 6.07) is 4.26. The van der Waals surface area contributed by atoms with Crippen LogP contribution in [0.3, 0.4) is 0 Å². The van der Waals surface area contributed by atoms with Crippen molar-refractivity contribution in [2.75, 3.05) is 0 Å². The number of halogens is 9. The Labute approximate surface area is 151 Å². The van der Waals surface area contributed by atoms with Crippen LogP contribution >= 0.6 is 0 Å². The van der Waals surface area contributed by atoms with Gasteiger partial charge in [0.2, 0.25) is 5.79 Å². The van der Waals surface area contributed by atoms with Gasteiger partial charge in [0.05, 0.1) is 11.1 Å². The van der Waals surface area contributed by atoms with Crippen LogP contribution in [0.25, 0.3) is 0 Å². The molecule has 28 heavy (non-hydrogen) atoms. The predicted octanol–water partition coefficient (Wildman–Crippen LogP) is 5.55. The Morgan fingerprint density at radius 3 is 1.75 bits per heavy atom. The first kappa shape index (κ1) is 20.5. The average molecular weight is 416 g/mol. The smallest absolute Gasteiger partial charge is 0.358 e. The fourth-order valence-corrected chi connectivity index (χ4v) is 2.95. The molecule has 2 unspecified atom stereocenters. The quantitative estimate of drug-likeness (QED) is 0.618. The normalized spacial score (nSPS) is 23.0. The molecule has 2 aromatic carbocycles. The first-order valence-corrected chi connectivity index (χ1v) is 7.50. The van der Waals surface area contributed by atoms with Gasteiger partial charge >= 0.3 is 18.5 Å². The van der Waals surface area contributed by atoms with Crippen molar-refractivity contribution in [3.8, 4) is 0 Å². The maximum atomic E-state index is 13.2. The molecule has 0 amide bonds. The van der Waals surface area contributed by atoms with Crippen LogP contribution in [0, 0.1) is 0 Å². The van der Waals surface area contributed by atoms with Gasteiger partial charge in [0, 0.05) is 11.1 Å². The molecule has 2 atom stereocenters. The van der Waals surface area contributed by atoms with Crippen LogP contribution in [0.5, 0.6) is 0 Å². The fraction of sp³-hybridized carbons (Fsp3) is 0.294. The molecule has 0 saturated heterocycles. The summed E-state index contributed by atoms with van der Waals surface area (Å²) >= 11 is 0. The van der Waals surface area contributed by atoms with Crippen LogP contribution in [-0.2, 0) is 22.9 Å². The maximum absolute atomic E-state index is 13.2. The van der Waals surface area contributed by atoms with E-state index in [1.54, 1.807) is 0 Å². The number of benzene rings is 2. The Balaban J connectivity index is 2.26. The number of aliphatic hydroxyl groups is 1. The summed E-state index contributed by atoms with van der Waals surface area (Å²) in [6.07, 6.45) is -18.3. The molecule has 0 fully saturated rings. The van der Waals surface area contributed by atoms with Crippen molar-refractivity contribution >= 4 is 0 Å². The Hall–Kier alpha value is -2.27. The average Bonchev–Trinajstić information content (AvgIpc) is 2.88. The lowest BCUT2D eigenvalue weighted by Gasteiger charge is -2.27. The molecule has 2 nitrogen and oxygen atoms in total. The van der Waals surface area contributed by atoms with Gasteiger partial charge < -0.3 is 9.84 Å². The van der Waals surface area contributed by atoms with Crippen LogP contribution in [0.2, 0.25) is 0 Å². The molecule has 1 heterocycles. The predicted molar refractivity (Wildman–Crippen MR) is 75.8 cm³/mol. The van der Waals surface area contributed by atoms with E-state index >= 15 is 0 Å². The monoisotopic (exact) mass is 416 g/mol. The zero-order valence-electron chi connectivity index (χ0n) is 13.4. The zero-order valence-corrected chi connectivity index (χ0v) is 13.4. The minimum Gasteiger partial charge on any atom is -0.358 e. The van der Waals surface area contributed by atoms with Crippen molar-refractivity contribution in [3.05, 3.63) is 70.3 Å². The summed E-state index contributed by atoms with van der Waals surface area (Å²) in [7, 11) is 0. The number of alkyl halides is 9. The maximum Gasteiger partial charge on any atom is 0.419 e. The van der Waals surface area contributed by atoms with Gasteiger partial charge in [0.15, 0.2) is 6.10 Å². The molecule has 0 aliphatic carbocycles. The summed E-state index contributed by atoms with van der Waals surface area (Å²) in [5.74, 6) is -3.15. The van der Waals surface area contributed by atoms with E-state index in [0.29, 0.717) is 0 Å². The second-order valence-corrected chi connectivity index (χ2v) is 6.07. The molecule has 11 heteroatoms. The number of fused-ring (bicyclic) bond motifs is 1. The fourth-order valence-electron chi connectivity index (χ4n) is 2.95. The zero-order chi connectivity index (χ0) is 21.1. The second kappa shape index (κ2) is 6.11. The summed E-state index contributed by atoms with van der Waals surface area (Å²) in [5, 5.41) is 10.7. The van der Waals surface area contributed by atoms with Gasteiger partial charge in [-0.15, -0.1) is 0 Å². The summed E-state index contributed by atoms with van der Waals surface area (Å²) in [6.45, 7) is 0. The van der Waals surface area contributed by atoms with E-state index in [0.717, 1.165) is 12.1 Å². The molecular formula is C17H9F9O2. The number of hydrogen-bond acceptors (Lipinski definition) is 2. The van der Waals surface area contributed by atoms with E-state index in [4.69, 9.17) is 0 Å². The van der Waals surface area contributed by atoms with Crippen LogP contribution in [0.1, 0.15) is 33.9 Å². The van der Waals surface area contributed by atoms with Crippen LogP contribution in [-0.4, -0.2) is 11.3 Å². The van der Waals surface area contributed by atoms with Gasteiger partial charge in [-0.1, -0.05) is 24.3 Å². The topological polar surface area (TPSA) is 29.5 Å². The molecule has 0 spiro atoms. The molecule has 3 rings (SSSR count). The van der Waals surface area contributed by atoms with Crippen LogP contribution in [0.4, 0.5) is 39.5 Å². The van der Waals surface area contributed by atoms with Crippen LogP contribution < -0.4 is 0 Å². The highest BCUT2D eigenvalue weighted by Crippen LogP contribution is 2.52. The Kier molecular flexibility index (Phi) is 4.47. The van der Waals surface area contributed by atoms with E-state index in [1.165, 1.54) is 12.1 Å². The first-order valence-electron chi connectivity index (χ1n) is 7.50. The van der Waals surface area contributed by atoms with Crippen molar-refractivity contribution in [2.24, 2.45) is 0 Å². The summed E-state index contributed by atoms with van der Waals surface area (Å²) in [5.41, 5.74) is -5.90. The van der Waals surface area contributed by atoms with E-state index in [9.17, 15) is 44.6 Å². The molecule has 152 valence electrons. The van der Waals surface area contributed by atoms with Gasteiger partial charge in [0.25, 0.3) is 0 Å². The minimum atomic E-state index is -5.24. The van der Waals surface area contributed by atoms with E-state index in [1.807, 2.05) is 0 Å². The molecule has 1 aliphatic heterocycles.